The van der Waals surface area contributed by atoms with Gasteiger partial charge in [-0.1, -0.05) is 12.2 Å². The SMILES string of the molecule is Cc1csc(CC(=O)N/N=C2/C[C@H]3C=CC[C@H]23)n1. The summed E-state index contributed by atoms with van der Waals surface area (Å²) >= 11 is 1.52. The van der Waals surface area contributed by atoms with Crippen LogP contribution in [0.15, 0.2) is 22.6 Å². The molecular weight excluding hydrogens is 246 g/mol. The maximum Gasteiger partial charge on any atom is 0.246 e. The fraction of sp³-hybridized carbons (Fsp3) is 0.462. The van der Waals surface area contributed by atoms with E-state index in [9.17, 15) is 4.79 Å². The molecule has 3 rings (SSSR count). The standard InChI is InChI=1S/C13H15N3OS/c1-8-7-18-13(14-8)6-12(17)16-15-11-5-9-3-2-4-10(9)11/h2-3,7,9-10H,4-6H2,1H3,(H,16,17)/b15-11-/t9-,10+/m1/s1. The van der Waals surface area contributed by atoms with Gasteiger partial charge in [0.05, 0.1) is 6.42 Å². The number of allylic oxidation sites excluding steroid dienone is 2. The van der Waals surface area contributed by atoms with Crippen molar-refractivity contribution >= 4 is 23.0 Å². The van der Waals surface area contributed by atoms with E-state index in [2.05, 4.69) is 27.7 Å². The molecule has 1 saturated carbocycles. The second-order valence-electron chi connectivity index (χ2n) is 4.84. The normalized spacial score (nSPS) is 27.1. The van der Waals surface area contributed by atoms with Crippen LogP contribution in [0.2, 0.25) is 0 Å². The summed E-state index contributed by atoms with van der Waals surface area (Å²) in [6.45, 7) is 1.93. The van der Waals surface area contributed by atoms with E-state index in [0.29, 0.717) is 18.3 Å². The Morgan fingerprint density at radius 3 is 3.28 bits per heavy atom. The Balaban J connectivity index is 1.51. The summed E-state index contributed by atoms with van der Waals surface area (Å²) in [5.74, 6) is 1.14. The van der Waals surface area contributed by atoms with Crippen LogP contribution in [0.5, 0.6) is 0 Å². The van der Waals surface area contributed by atoms with E-state index in [1.807, 2.05) is 12.3 Å². The van der Waals surface area contributed by atoms with Gasteiger partial charge in [-0.2, -0.15) is 5.10 Å². The molecule has 0 aliphatic heterocycles. The van der Waals surface area contributed by atoms with Crippen LogP contribution in [0, 0.1) is 18.8 Å². The number of fused-ring (bicyclic) bond motifs is 1. The number of nitrogens with one attached hydrogen (secondary N) is 1. The number of hydrogen-bond donors (Lipinski definition) is 1. The minimum atomic E-state index is -0.0775. The van der Waals surface area contributed by atoms with Crippen molar-refractivity contribution in [3.63, 3.8) is 0 Å². The van der Waals surface area contributed by atoms with Gasteiger partial charge in [0.2, 0.25) is 5.91 Å². The van der Waals surface area contributed by atoms with Crippen molar-refractivity contribution in [1.82, 2.24) is 10.4 Å². The molecule has 2 atom stereocenters. The smallest absolute Gasteiger partial charge is 0.246 e. The first-order valence-electron chi connectivity index (χ1n) is 6.15. The average molecular weight is 261 g/mol. The first kappa shape index (κ1) is 11.6. The van der Waals surface area contributed by atoms with Gasteiger partial charge in [-0.05, 0) is 25.7 Å². The summed E-state index contributed by atoms with van der Waals surface area (Å²) in [5.41, 5.74) is 4.74. The molecule has 0 bridgehead atoms. The van der Waals surface area contributed by atoms with Crippen LogP contribution < -0.4 is 5.43 Å². The molecule has 4 nitrogen and oxygen atoms in total. The van der Waals surface area contributed by atoms with E-state index in [-0.39, 0.29) is 5.91 Å². The minimum absolute atomic E-state index is 0.0775. The molecule has 18 heavy (non-hydrogen) atoms. The number of hydrazone groups is 1. The molecule has 2 aliphatic rings. The maximum absolute atomic E-state index is 11.7. The molecule has 0 aromatic carbocycles. The predicted octanol–water partition coefficient (Wildman–Crippen LogP) is 2.06. The van der Waals surface area contributed by atoms with E-state index in [1.54, 1.807) is 0 Å². The van der Waals surface area contributed by atoms with Gasteiger partial charge in [0, 0.05) is 22.7 Å². The number of nitrogens with zero attached hydrogens (tertiary/aromatic N) is 2. The molecule has 0 unspecified atom stereocenters. The highest BCUT2D eigenvalue weighted by atomic mass is 32.1. The molecule has 1 aromatic heterocycles. The van der Waals surface area contributed by atoms with Gasteiger partial charge in [0.1, 0.15) is 5.01 Å². The zero-order valence-electron chi connectivity index (χ0n) is 10.2. The summed E-state index contributed by atoms with van der Waals surface area (Å²) < 4.78 is 0. The van der Waals surface area contributed by atoms with Gasteiger partial charge in [0.15, 0.2) is 0 Å². The van der Waals surface area contributed by atoms with Crippen molar-refractivity contribution in [3.05, 3.63) is 28.2 Å². The number of carbonyl (C=O) groups is 1. The Bertz CT molecular complexity index is 532. The third kappa shape index (κ3) is 2.22. The third-order valence-electron chi connectivity index (χ3n) is 3.47. The van der Waals surface area contributed by atoms with Crippen LogP contribution in [0.3, 0.4) is 0 Å². The Kier molecular flexibility index (Phi) is 2.99. The number of carbonyl (C=O) groups excluding carboxylic acids is 1. The van der Waals surface area contributed by atoms with Crippen LogP contribution >= 0.6 is 11.3 Å². The molecule has 1 aromatic rings. The zero-order chi connectivity index (χ0) is 12.5. The number of amides is 1. The molecular formula is C13H15N3OS. The molecule has 94 valence electrons. The number of thiazole rings is 1. The molecule has 1 heterocycles. The second-order valence-corrected chi connectivity index (χ2v) is 5.78. The zero-order valence-corrected chi connectivity index (χ0v) is 11.0. The summed E-state index contributed by atoms with van der Waals surface area (Å²) in [4.78, 5) is 16.0. The lowest BCUT2D eigenvalue weighted by Crippen LogP contribution is -2.35. The summed E-state index contributed by atoms with van der Waals surface area (Å²) in [6, 6.07) is 0. The van der Waals surface area contributed by atoms with Gasteiger partial charge in [-0.3, -0.25) is 4.79 Å². The van der Waals surface area contributed by atoms with E-state index in [1.165, 1.54) is 11.3 Å². The summed E-state index contributed by atoms with van der Waals surface area (Å²) in [5, 5.41) is 7.03. The average Bonchev–Trinajstić information content (AvgIpc) is 2.86. The summed E-state index contributed by atoms with van der Waals surface area (Å²) in [7, 11) is 0. The van der Waals surface area contributed by atoms with E-state index in [4.69, 9.17) is 0 Å². The van der Waals surface area contributed by atoms with Crippen molar-refractivity contribution < 1.29 is 4.79 Å². The Morgan fingerprint density at radius 1 is 1.67 bits per heavy atom. The van der Waals surface area contributed by atoms with Crippen LogP contribution in [0.25, 0.3) is 0 Å². The highest BCUT2D eigenvalue weighted by Crippen LogP contribution is 2.39. The van der Waals surface area contributed by atoms with Crippen molar-refractivity contribution in [1.29, 1.82) is 0 Å². The molecule has 0 radical (unpaired) electrons. The molecule has 0 spiro atoms. The van der Waals surface area contributed by atoms with E-state index in [0.717, 1.165) is 29.3 Å². The minimum Gasteiger partial charge on any atom is -0.273 e. The topological polar surface area (TPSA) is 54.4 Å². The Labute approximate surface area is 110 Å². The van der Waals surface area contributed by atoms with Crippen LogP contribution in [0.4, 0.5) is 0 Å². The second kappa shape index (κ2) is 4.65. The number of rotatable bonds is 3. The first-order valence-corrected chi connectivity index (χ1v) is 7.03. The lowest BCUT2D eigenvalue weighted by Gasteiger charge is -2.31. The molecule has 1 amide bonds. The predicted molar refractivity (Wildman–Crippen MR) is 71.5 cm³/mol. The van der Waals surface area contributed by atoms with Crippen molar-refractivity contribution in [3.8, 4) is 0 Å². The van der Waals surface area contributed by atoms with Crippen LogP contribution in [0.1, 0.15) is 23.5 Å². The van der Waals surface area contributed by atoms with E-state index >= 15 is 0 Å². The molecule has 1 N–H and O–H groups in total. The van der Waals surface area contributed by atoms with Gasteiger partial charge in [0.25, 0.3) is 0 Å². The summed E-state index contributed by atoms with van der Waals surface area (Å²) in [6.07, 6.45) is 6.85. The molecule has 0 saturated heterocycles. The molecule has 5 heteroatoms. The van der Waals surface area contributed by atoms with Crippen molar-refractivity contribution in [2.75, 3.05) is 0 Å². The molecule has 2 aliphatic carbocycles. The van der Waals surface area contributed by atoms with Gasteiger partial charge >= 0.3 is 0 Å². The fourth-order valence-corrected chi connectivity index (χ4v) is 3.23. The van der Waals surface area contributed by atoms with Gasteiger partial charge < -0.3 is 0 Å². The fourth-order valence-electron chi connectivity index (χ4n) is 2.46. The Morgan fingerprint density at radius 2 is 2.56 bits per heavy atom. The third-order valence-corrected chi connectivity index (χ3v) is 4.43. The van der Waals surface area contributed by atoms with Crippen LogP contribution in [-0.2, 0) is 11.2 Å². The van der Waals surface area contributed by atoms with Crippen molar-refractivity contribution in [2.45, 2.75) is 26.2 Å². The lowest BCUT2D eigenvalue weighted by molar-refractivity contribution is -0.120. The number of hydrogen-bond acceptors (Lipinski definition) is 4. The lowest BCUT2D eigenvalue weighted by atomic mass is 9.74. The first-order chi connectivity index (χ1) is 8.72. The molecule has 1 fully saturated rings. The highest BCUT2D eigenvalue weighted by Gasteiger charge is 2.37. The van der Waals surface area contributed by atoms with Gasteiger partial charge in [-0.25, -0.2) is 10.4 Å². The number of aryl methyl sites for hydroxylation is 1. The highest BCUT2D eigenvalue weighted by molar-refractivity contribution is 7.09. The monoisotopic (exact) mass is 261 g/mol. The largest absolute Gasteiger partial charge is 0.273 e. The van der Waals surface area contributed by atoms with E-state index < -0.39 is 0 Å². The maximum atomic E-state index is 11.7. The van der Waals surface area contributed by atoms with Crippen molar-refractivity contribution in [2.24, 2.45) is 16.9 Å². The number of aromatic nitrogens is 1. The Hall–Kier alpha value is -1.49. The van der Waals surface area contributed by atoms with Gasteiger partial charge in [-0.15, -0.1) is 11.3 Å². The quantitative estimate of drug-likeness (QED) is 0.669. The van der Waals surface area contributed by atoms with Crippen LogP contribution in [-0.4, -0.2) is 16.6 Å².